The van der Waals surface area contributed by atoms with Crippen LogP contribution >= 0.6 is 23.2 Å². The van der Waals surface area contributed by atoms with Crippen molar-refractivity contribution in [1.29, 1.82) is 0 Å². The lowest BCUT2D eigenvalue weighted by Crippen LogP contribution is -2.13. The summed E-state index contributed by atoms with van der Waals surface area (Å²) in [6.07, 6.45) is 0.286. The molecule has 4 aromatic carbocycles. The first-order valence-electron chi connectivity index (χ1n) is 11.1. The number of anilines is 1. The van der Waals surface area contributed by atoms with Crippen LogP contribution in [0.1, 0.15) is 22.8 Å². The number of methoxy groups -OCH3 is 1. The van der Waals surface area contributed by atoms with Crippen LogP contribution in [0.25, 0.3) is 10.8 Å². The van der Waals surface area contributed by atoms with Gasteiger partial charge in [-0.05, 0) is 47.7 Å². The molecule has 12 heteroatoms. The summed E-state index contributed by atoms with van der Waals surface area (Å²) in [5.41, 5.74) is 0.276. The molecule has 1 amide bonds. The maximum Gasteiger partial charge on any atom is 0.296 e. The summed E-state index contributed by atoms with van der Waals surface area (Å²) in [7, 11) is -3.24. The van der Waals surface area contributed by atoms with E-state index in [4.69, 9.17) is 27.9 Å². The molecule has 0 radical (unpaired) electrons. The largest absolute Gasteiger partial charge is 0.505 e. The van der Waals surface area contributed by atoms with E-state index in [2.05, 4.69) is 15.5 Å². The van der Waals surface area contributed by atoms with Crippen LogP contribution < -0.4 is 10.1 Å². The van der Waals surface area contributed by atoms with Gasteiger partial charge in [-0.1, -0.05) is 54.4 Å². The number of amides is 1. The molecule has 0 saturated heterocycles. The van der Waals surface area contributed by atoms with E-state index in [0.717, 1.165) is 6.07 Å². The predicted octanol–water partition coefficient (Wildman–Crippen LogP) is 7.34. The lowest BCUT2D eigenvalue weighted by atomic mass is 10.0. The fraction of sp³-hybridized carbons (Fsp3) is 0.115. The molecule has 0 saturated carbocycles. The minimum Gasteiger partial charge on any atom is -0.505 e. The molecule has 0 spiro atoms. The van der Waals surface area contributed by atoms with E-state index in [1.54, 1.807) is 43.3 Å². The molecule has 0 aliphatic carbocycles. The lowest BCUT2D eigenvalue weighted by molar-refractivity contribution is 0.102. The Labute approximate surface area is 228 Å². The Balaban J connectivity index is 1.87. The fourth-order valence-corrected chi connectivity index (χ4v) is 4.99. The maximum absolute atomic E-state index is 13.2. The van der Waals surface area contributed by atoms with Gasteiger partial charge < -0.3 is 15.2 Å². The molecular formula is C26H21Cl2N3O6S. The zero-order valence-corrected chi connectivity index (χ0v) is 22.4. The highest BCUT2D eigenvalue weighted by Crippen LogP contribution is 2.42. The molecule has 0 heterocycles. The number of halogens is 2. The number of carbonyl (C=O) groups excluding carboxylic acids is 1. The standard InChI is InChI=1S/C26H21Cl2N3O6S/c1-3-16-19(28)9-11-22(38(34,35)36)23(16)30-31-24-17-7-5-4-6-14(17)12-18(25(24)32)26(33)29-20-10-8-15(27)13-21(20)37-2/h4-13,32H,3H2,1-2H3,(H,29,33)(H,34,35,36). The monoisotopic (exact) mass is 573 g/mol. The number of rotatable bonds is 7. The van der Waals surface area contributed by atoms with Crippen molar-refractivity contribution in [2.75, 3.05) is 12.4 Å². The SMILES string of the molecule is CCc1c(Cl)ccc(S(=O)(=O)O)c1N=Nc1c(O)c(C(=O)Nc2ccc(Cl)cc2OC)cc2ccccc12. The quantitative estimate of drug-likeness (QED) is 0.156. The summed E-state index contributed by atoms with van der Waals surface area (Å²) in [5, 5.41) is 23.7. The summed E-state index contributed by atoms with van der Waals surface area (Å²) in [4.78, 5) is 12.7. The lowest BCUT2D eigenvalue weighted by Gasteiger charge is -2.13. The highest BCUT2D eigenvalue weighted by Gasteiger charge is 2.22. The van der Waals surface area contributed by atoms with E-state index in [0.29, 0.717) is 32.8 Å². The highest BCUT2D eigenvalue weighted by molar-refractivity contribution is 7.86. The summed E-state index contributed by atoms with van der Waals surface area (Å²) >= 11 is 12.2. The maximum atomic E-state index is 13.2. The van der Waals surface area contributed by atoms with Crippen molar-refractivity contribution in [2.24, 2.45) is 10.2 Å². The van der Waals surface area contributed by atoms with Gasteiger partial charge in [0.2, 0.25) is 0 Å². The number of hydrogen-bond donors (Lipinski definition) is 3. The van der Waals surface area contributed by atoms with E-state index >= 15 is 0 Å². The third-order valence-electron chi connectivity index (χ3n) is 5.72. The molecule has 0 fully saturated rings. The van der Waals surface area contributed by atoms with E-state index in [1.807, 2.05) is 0 Å². The van der Waals surface area contributed by atoms with Crippen LogP contribution in [0.3, 0.4) is 0 Å². The van der Waals surface area contributed by atoms with Crippen LogP contribution in [0.5, 0.6) is 11.5 Å². The van der Waals surface area contributed by atoms with E-state index in [-0.39, 0.29) is 28.4 Å². The highest BCUT2D eigenvalue weighted by atomic mass is 35.5. The zero-order valence-electron chi connectivity index (χ0n) is 20.1. The number of phenolic OH excluding ortho intramolecular Hbond substituents is 1. The Morgan fingerprint density at radius 2 is 1.74 bits per heavy atom. The summed E-state index contributed by atoms with van der Waals surface area (Å²) in [6, 6.07) is 15.4. The molecule has 0 bridgehead atoms. The second-order valence-electron chi connectivity index (χ2n) is 8.04. The van der Waals surface area contributed by atoms with Crippen molar-refractivity contribution in [2.45, 2.75) is 18.2 Å². The molecule has 0 aliphatic heterocycles. The fourth-order valence-electron chi connectivity index (χ4n) is 3.89. The number of phenols is 1. The predicted molar refractivity (Wildman–Crippen MR) is 146 cm³/mol. The number of benzene rings is 4. The van der Waals surface area contributed by atoms with Crippen LogP contribution in [0.4, 0.5) is 17.1 Å². The first-order valence-corrected chi connectivity index (χ1v) is 13.3. The normalized spacial score (nSPS) is 11.7. The minimum absolute atomic E-state index is 0.0837. The molecule has 0 aliphatic rings. The zero-order chi connectivity index (χ0) is 27.6. The molecule has 38 heavy (non-hydrogen) atoms. The van der Waals surface area contributed by atoms with Gasteiger partial charge in [0.25, 0.3) is 16.0 Å². The number of fused-ring (bicyclic) bond motifs is 1. The number of carbonyl (C=O) groups is 1. The summed E-state index contributed by atoms with van der Waals surface area (Å²) in [5.74, 6) is -0.843. The Morgan fingerprint density at radius 3 is 2.42 bits per heavy atom. The van der Waals surface area contributed by atoms with Crippen molar-refractivity contribution in [3.63, 3.8) is 0 Å². The molecular weight excluding hydrogens is 553 g/mol. The van der Waals surface area contributed by atoms with Crippen molar-refractivity contribution in [1.82, 2.24) is 0 Å². The van der Waals surface area contributed by atoms with Gasteiger partial charge in [0.1, 0.15) is 22.0 Å². The van der Waals surface area contributed by atoms with Crippen molar-refractivity contribution >= 4 is 67.1 Å². The van der Waals surface area contributed by atoms with Gasteiger partial charge >= 0.3 is 0 Å². The molecule has 0 aromatic heterocycles. The first-order chi connectivity index (χ1) is 18.0. The van der Waals surface area contributed by atoms with Crippen LogP contribution in [-0.2, 0) is 16.5 Å². The molecule has 3 N–H and O–H groups in total. The van der Waals surface area contributed by atoms with Crippen molar-refractivity contribution < 1.29 is 27.6 Å². The van der Waals surface area contributed by atoms with Gasteiger partial charge in [0.15, 0.2) is 5.75 Å². The Kier molecular flexibility index (Phi) is 7.89. The second-order valence-corrected chi connectivity index (χ2v) is 10.3. The smallest absolute Gasteiger partial charge is 0.296 e. The van der Waals surface area contributed by atoms with E-state index in [9.17, 15) is 22.9 Å². The molecule has 9 nitrogen and oxygen atoms in total. The van der Waals surface area contributed by atoms with Gasteiger partial charge in [-0.25, -0.2) is 0 Å². The van der Waals surface area contributed by atoms with Crippen LogP contribution in [0, 0.1) is 0 Å². The minimum atomic E-state index is -4.67. The van der Waals surface area contributed by atoms with Gasteiger partial charge in [0.05, 0.1) is 18.4 Å². The number of nitrogens with one attached hydrogen (secondary N) is 1. The topological polar surface area (TPSA) is 138 Å². The third-order valence-corrected chi connectivity index (χ3v) is 7.20. The van der Waals surface area contributed by atoms with Gasteiger partial charge in [-0.3, -0.25) is 9.35 Å². The Bertz CT molecular complexity index is 1710. The number of hydrogen-bond acceptors (Lipinski definition) is 7. The number of azo groups is 1. The summed E-state index contributed by atoms with van der Waals surface area (Å²) in [6.45, 7) is 1.73. The third kappa shape index (κ3) is 5.44. The second kappa shape index (κ2) is 11.0. The molecule has 0 atom stereocenters. The molecule has 4 rings (SSSR count). The average Bonchev–Trinajstić information content (AvgIpc) is 2.88. The number of nitrogens with zero attached hydrogens (tertiary/aromatic N) is 2. The van der Waals surface area contributed by atoms with Crippen molar-refractivity contribution in [3.8, 4) is 11.5 Å². The Morgan fingerprint density at radius 1 is 1.03 bits per heavy atom. The van der Waals surface area contributed by atoms with Gasteiger partial charge in [0, 0.05) is 21.5 Å². The van der Waals surface area contributed by atoms with Crippen LogP contribution in [-0.4, -0.2) is 31.1 Å². The Hall–Kier alpha value is -3.70. The first kappa shape index (κ1) is 27.3. The van der Waals surface area contributed by atoms with Crippen molar-refractivity contribution in [3.05, 3.63) is 81.8 Å². The summed E-state index contributed by atoms with van der Waals surface area (Å²) < 4.78 is 39.0. The van der Waals surface area contributed by atoms with Gasteiger partial charge in [-0.15, -0.1) is 10.2 Å². The average molecular weight is 574 g/mol. The molecule has 4 aromatic rings. The molecule has 0 unspecified atom stereocenters. The number of ether oxygens (including phenoxy) is 1. The van der Waals surface area contributed by atoms with E-state index in [1.165, 1.54) is 25.3 Å². The van der Waals surface area contributed by atoms with E-state index < -0.39 is 26.7 Å². The number of aromatic hydroxyl groups is 1. The van der Waals surface area contributed by atoms with Gasteiger partial charge in [-0.2, -0.15) is 8.42 Å². The van der Waals surface area contributed by atoms with Crippen LogP contribution in [0.15, 0.2) is 75.8 Å². The molecule has 196 valence electrons. The van der Waals surface area contributed by atoms with Crippen LogP contribution in [0.2, 0.25) is 10.0 Å².